The van der Waals surface area contributed by atoms with Gasteiger partial charge in [-0.15, -0.1) is 0 Å². The molecule has 5 nitrogen and oxygen atoms in total. The monoisotopic (exact) mass is 379 g/mol. The minimum Gasteiger partial charge on any atom is -0.336 e. The molecule has 0 aliphatic carbocycles. The third kappa shape index (κ3) is 5.12. The number of nitrogens with zero attached hydrogens (tertiary/aromatic N) is 1. The van der Waals surface area contributed by atoms with Crippen molar-refractivity contribution in [1.82, 2.24) is 10.6 Å². The van der Waals surface area contributed by atoms with Crippen LogP contribution in [0.15, 0.2) is 48.5 Å². The van der Waals surface area contributed by atoms with Gasteiger partial charge in [-0.2, -0.15) is 0 Å². The lowest BCUT2D eigenvalue weighted by molar-refractivity contribution is -0.117. The van der Waals surface area contributed by atoms with Gasteiger partial charge in [0.15, 0.2) is 0 Å². The number of nitrogens with one attached hydrogen (secondary N) is 2. The summed E-state index contributed by atoms with van der Waals surface area (Å²) in [6.45, 7) is 6.61. The highest BCUT2D eigenvalue weighted by molar-refractivity contribution is 5.96. The smallest absolute Gasteiger partial charge is 0.315 e. The first-order chi connectivity index (χ1) is 13.4. The maximum absolute atomic E-state index is 12.4. The number of aryl methyl sites for hydroxylation is 3. The van der Waals surface area contributed by atoms with Crippen molar-refractivity contribution in [2.75, 3.05) is 11.4 Å². The Morgan fingerprint density at radius 3 is 2.61 bits per heavy atom. The summed E-state index contributed by atoms with van der Waals surface area (Å²) >= 11 is 0. The molecule has 5 heteroatoms. The average molecular weight is 380 g/mol. The minimum atomic E-state index is -0.208. The molecule has 1 aliphatic heterocycles. The van der Waals surface area contributed by atoms with E-state index in [1.165, 1.54) is 11.1 Å². The van der Waals surface area contributed by atoms with E-state index in [2.05, 4.69) is 29.7 Å². The van der Waals surface area contributed by atoms with Crippen LogP contribution in [0.4, 0.5) is 10.5 Å². The summed E-state index contributed by atoms with van der Waals surface area (Å²) in [6, 6.07) is 16.0. The SMILES string of the molecule is Cc1ccc(N2CC(NC(=O)NC(C)CCc3ccccc3)CC2=O)cc1C. The molecule has 2 unspecified atom stereocenters. The number of hydrogen-bond donors (Lipinski definition) is 2. The molecule has 1 aliphatic rings. The van der Waals surface area contributed by atoms with Gasteiger partial charge in [-0.3, -0.25) is 4.79 Å². The van der Waals surface area contributed by atoms with Crippen molar-refractivity contribution in [3.05, 3.63) is 65.2 Å². The fraction of sp³-hybridized carbons (Fsp3) is 0.391. The van der Waals surface area contributed by atoms with Gasteiger partial charge < -0.3 is 15.5 Å². The molecule has 2 N–H and O–H groups in total. The second-order valence-electron chi connectivity index (χ2n) is 7.72. The van der Waals surface area contributed by atoms with E-state index >= 15 is 0 Å². The van der Waals surface area contributed by atoms with E-state index in [4.69, 9.17) is 0 Å². The molecular formula is C23H29N3O2. The van der Waals surface area contributed by atoms with Crippen LogP contribution >= 0.6 is 0 Å². The van der Waals surface area contributed by atoms with Gasteiger partial charge in [0, 0.05) is 24.7 Å². The number of amides is 3. The van der Waals surface area contributed by atoms with Gasteiger partial charge in [0.25, 0.3) is 0 Å². The lowest BCUT2D eigenvalue weighted by atomic mass is 10.1. The largest absolute Gasteiger partial charge is 0.336 e. The third-order valence-corrected chi connectivity index (χ3v) is 5.35. The zero-order valence-corrected chi connectivity index (χ0v) is 16.9. The van der Waals surface area contributed by atoms with Gasteiger partial charge in [-0.05, 0) is 62.4 Å². The molecule has 0 aromatic heterocycles. The second kappa shape index (κ2) is 8.91. The topological polar surface area (TPSA) is 61.4 Å². The highest BCUT2D eigenvalue weighted by Crippen LogP contribution is 2.24. The fourth-order valence-electron chi connectivity index (χ4n) is 3.50. The summed E-state index contributed by atoms with van der Waals surface area (Å²) in [4.78, 5) is 26.5. The minimum absolute atomic E-state index is 0.0469. The molecule has 1 saturated heterocycles. The Morgan fingerprint density at radius 2 is 1.89 bits per heavy atom. The number of carbonyl (C=O) groups is 2. The van der Waals surface area contributed by atoms with Gasteiger partial charge in [0.05, 0.1) is 6.04 Å². The Bertz CT molecular complexity index is 835. The van der Waals surface area contributed by atoms with Gasteiger partial charge in [-0.25, -0.2) is 4.79 Å². The molecular weight excluding hydrogens is 350 g/mol. The van der Waals surface area contributed by atoms with Gasteiger partial charge in [0.1, 0.15) is 0 Å². The zero-order chi connectivity index (χ0) is 20.1. The number of carbonyl (C=O) groups excluding carboxylic acids is 2. The molecule has 1 heterocycles. The summed E-state index contributed by atoms with van der Waals surface area (Å²) in [7, 11) is 0. The first kappa shape index (κ1) is 19.9. The van der Waals surface area contributed by atoms with Crippen LogP contribution in [0.25, 0.3) is 0 Å². The van der Waals surface area contributed by atoms with E-state index in [0.717, 1.165) is 24.1 Å². The molecule has 2 aromatic carbocycles. The maximum atomic E-state index is 12.4. The zero-order valence-electron chi connectivity index (χ0n) is 16.9. The third-order valence-electron chi connectivity index (χ3n) is 5.35. The van der Waals surface area contributed by atoms with Crippen molar-refractivity contribution in [3.8, 4) is 0 Å². The van der Waals surface area contributed by atoms with Crippen molar-refractivity contribution in [2.45, 2.75) is 52.1 Å². The Balaban J connectivity index is 1.48. The van der Waals surface area contributed by atoms with Crippen molar-refractivity contribution < 1.29 is 9.59 Å². The lowest BCUT2D eigenvalue weighted by Gasteiger charge is -2.19. The van der Waals surface area contributed by atoms with Gasteiger partial charge in [-0.1, -0.05) is 36.4 Å². The van der Waals surface area contributed by atoms with Crippen LogP contribution in [0.3, 0.4) is 0 Å². The van der Waals surface area contributed by atoms with Crippen molar-refractivity contribution >= 4 is 17.6 Å². The van der Waals surface area contributed by atoms with Crippen LogP contribution in [0.1, 0.15) is 36.5 Å². The van der Waals surface area contributed by atoms with Crippen LogP contribution in [0.2, 0.25) is 0 Å². The molecule has 0 saturated carbocycles. The Kier molecular flexibility index (Phi) is 6.34. The molecule has 0 spiro atoms. The van der Waals surface area contributed by atoms with Crippen molar-refractivity contribution in [1.29, 1.82) is 0 Å². The standard InChI is InChI=1S/C23H29N3O2/c1-16-9-12-21(13-17(16)2)26-15-20(14-22(26)27)25-23(28)24-18(3)10-11-19-7-5-4-6-8-19/h4-9,12-13,18,20H,10-11,14-15H2,1-3H3,(H2,24,25,28). The number of rotatable bonds is 6. The molecule has 2 atom stereocenters. The Hall–Kier alpha value is -2.82. The molecule has 3 rings (SSSR count). The highest BCUT2D eigenvalue weighted by Gasteiger charge is 2.31. The highest BCUT2D eigenvalue weighted by atomic mass is 16.2. The molecule has 148 valence electrons. The van der Waals surface area contributed by atoms with Gasteiger partial charge in [0.2, 0.25) is 5.91 Å². The number of urea groups is 1. The summed E-state index contributed by atoms with van der Waals surface area (Å²) in [5, 5.41) is 5.93. The van der Waals surface area contributed by atoms with E-state index < -0.39 is 0 Å². The van der Waals surface area contributed by atoms with Crippen LogP contribution < -0.4 is 15.5 Å². The molecule has 0 bridgehead atoms. The number of benzene rings is 2. The molecule has 2 aromatic rings. The van der Waals surface area contributed by atoms with E-state index in [-0.39, 0.29) is 24.0 Å². The van der Waals surface area contributed by atoms with Crippen LogP contribution in [-0.4, -0.2) is 30.6 Å². The predicted molar refractivity (Wildman–Crippen MR) is 113 cm³/mol. The van der Waals surface area contributed by atoms with Crippen molar-refractivity contribution in [2.24, 2.45) is 0 Å². The molecule has 28 heavy (non-hydrogen) atoms. The van der Waals surface area contributed by atoms with Crippen LogP contribution in [0, 0.1) is 13.8 Å². The Morgan fingerprint density at radius 1 is 1.14 bits per heavy atom. The lowest BCUT2D eigenvalue weighted by Crippen LogP contribution is -2.46. The number of hydrogen-bond acceptors (Lipinski definition) is 2. The second-order valence-corrected chi connectivity index (χ2v) is 7.72. The van der Waals surface area contributed by atoms with E-state index in [1.54, 1.807) is 4.90 Å². The van der Waals surface area contributed by atoms with E-state index in [1.807, 2.05) is 50.2 Å². The first-order valence-corrected chi connectivity index (χ1v) is 9.91. The number of anilines is 1. The Labute approximate surface area is 167 Å². The van der Waals surface area contributed by atoms with E-state index in [0.29, 0.717) is 13.0 Å². The van der Waals surface area contributed by atoms with Crippen LogP contribution in [-0.2, 0) is 11.2 Å². The average Bonchev–Trinajstić information content (AvgIpc) is 3.03. The molecule has 0 radical (unpaired) electrons. The first-order valence-electron chi connectivity index (χ1n) is 9.91. The summed E-state index contributed by atoms with van der Waals surface area (Å²) in [5.74, 6) is 0.0469. The quantitative estimate of drug-likeness (QED) is 0.803. The summed E-state index contributed by atoms with van der Waals surface area (Å²) < 4.78 is 0. The molecule has 3 amide bonds. The fourth-order valence-corrected chi connectivity index (χ4v) is 3.50. The maximum Gasteiger partial charge on any atom is 0.315 e. The predicted octanol–water partition coefficient (Wildman–Crippen LogP) is 3.73. The summed E-state index contributed by atoms with van der Waals surface area (Å²) in [5.41, 5.74) is 4.52. The van der Waals surface area contributed by atoms with E-state index in [9.17, 15) is 9.59 Å². The van der Waals surface area contributed by atoms with Crippen LogP contribution in [0.5, 0.6) is 0 Å². The summed E-state index contributed by atoms with van der Waals surface area (Å²) in [6.07, 6.45) is 2.12. The molecule has 1 fully saturated rings. The normalized spacial score (nSPS) is 17.5. The van der Waals surface area contributed by atoms with Crippen molar-refractivity contribution in [3.63, 3.8) is 0 Å². The van der Waals surface area contributed by atoms with Gasteiger partial charge >= 0.3 is 6.03 Å².